The third-order valence-corrected chi connectivity index (χ3v) is 6.18. The third kappa shape index (κ3) is 4.58. The van der Waals surface area contributed by atoms with E-state index in [-0.39, 0.29) is 11.3 Å². The van der Waals surface area contributed by atoms with Gasteiger partial charge in [0.05, 0.1) is 29.4 Å². The number of anilines is 2. The van der Waals surface area contributed by atoms with Crippen molar-refractivity contribution < 1.29 is 18.9 Å². The molecule has 5 rings (SSSR count). The molecule has 9 heteroatoms. The molecule has 1 aliphatic rings. The summed E-state index contributed by atoms with van der Waals surface area (Å²) in [4.78, 5) is 30.6. The largest absolute Gasteiger partial charge is 0.436 e. The van der Waals surface area contributed by atoms with Gasteiger partial charge in [-0.25, -0.2) is 4.98 Å². The fraction of sp³-hybridized carbons (Fsp3) is 0.231. The molecule has 1 fully saturated rings. The van der Waals surface area contributed by atoms with Crippen LogP contribution in [0.4, 0.5) is 17.1 Å². The lowest BCUT2D eigenvalue weighted by molar-refractivity contribution is -0.384. The number of amides is 1. The molecule has 2 heterocycles. The number of hydrogen-bond acceptors (Lipinski definition) is 7. The van der Waals surface area contributed by atoms with Gasteiger partial charge in [0.1, 0.15) is 5.52 Å². The van der Waals surface area contributed by atoms with E-state index in [1.807, 2.05) is 43.0 Å². The number of nitro groups is 1. The van der Waals surface area contributed by atoms with E-state index in [2.05, 4.69) is 10.3 Å². The van der Waals surface area contributed by atoms with Crippen LogP contribution >= 0.6 is 0 Å². The second-order valence-corrected chi connectivity index (χ2v) is 8.51. The molecule has 1 N–H and O–H groups in total. The first-order chi connectivity index (χ1) is 16.9. The number of fused-ring (bicyclic) bond motifs is 1. The number of aromatic nitrogens is 1. The van der Waals surface area contributed by atoms with Crippen molar-refractivity contribution in [1.29, 1.82) is 0 Å². The van der Waals surface area contributed by atoms with E-state index in [9.17, 15) is 14.9 Å². The highest BCUT2D eigenvalue weighted by atomic mass is 16.6. The zero-order chi connectivity index (χ0) is 24.5. The molecule has 4 aromatic rings. The summed E-state index contributed by atoms with van der Waals surface area (Å²) < 4.78 is 11.3. The first kappa shape index (κ1) is 22.5. The minimum atomic E-state index is -0.502. The van der Waals surface area contributed by atoms with E-state index >= 15 is 0 Å². The summed E-state index contributed by atoms with van der Waals surface area (Å²) in [6.07, 6.45) is 0. The van der Waals surface area contributed by atoms with Gasteiger partial charge in [-0.05, 0) is 67.4 Å². The molecule has 1 amide bonds. The van der Waals surface area contributed by atoms with Crippen molar-refractivity contribution in [2.75, 3.05) is 36.5 Å². The Kier molecular flexibility index (Phi) is 5.92. The van der Waals surface area contributed by atoms with E-state index in [1.165, 1.54) is 12.1 Å². The maximum Gasteiger partial charge on any atom is 0.270 e. The molecule has 0 unspecified atom stereocenters. The monoisotopic (exact) mass is 472 g/mol. The number of nitrogens with zero attached hydrogens (tertiary/aromatic N) is 3. The molecule has 3 aromatic carbocycles. The van der Waals surface area contributed by atoms with Crippen LogP contribution in [-0.4, -0.2) is 42.1 Å². The number of nitro benzene ring substituents is 1. The Balaban J connectivity index is 1.39. The summed E-state index contributed by atoms with van der Waals surface area (Å²) in [7, 11) is 0. The number of benzene rings is 3. The van der Waals surface area contributed by atoms with E-state index in [1.54, 1.807) is 18.2 Å². The first-order valence-electron chi connectivity index (χ1n) is 11.3. The van der Waals surface area contributed by atoms with Crippen molar-refractivity contribution in [3.05, 3.63) is 81.4 Å². The summed E-state index contributed by atoms with van der Waals surface area (Å²) in [5, 5.41) is 14.2. The SMILES string of the molecule is Cc1cc2nc(-c3ccc(NC(=O)c4cc([N+](=O)[O-])ccc4N4CCOCC4)cc3)oc2cc1C. The Hall–Kier alpha value is -4.24. The van der Waals surface area contributed by atoms with Crippen LogP contribution in [0.15, 0.2) is 59.0 Å². The summed E-state index contributed by atoms with van der Waals surface area (Å²) in [5.41, 5.74) is 5.89. The molecule has 0 bridgehead atoms. The summed E-state index contributed by atoms with van der Waals surface area (Å²) in [6, 6.07) is 15.5. The highest BCUT2D eigenvalue weighted by Crippen LogP contribution is 2.29. The predicted octanol–water partition coefficient (Wildman–Crippen LogP) is 5.11. The van der Waals surface area contributed by atoms with Gasteiger partial charge in [-0.3, -0.25) is 14.9 Å². The lowest BCUT2D eigenvalue weighted by Crippen LogP contribution is -2.37. The summed E-state index contributed by atoms with van der Waals surface area (Å²) in [6.45, 7) is 6.35. The van der Waals surface area contributed by atoms with E-state index in [0.717, 1.165) is 27.8 Å². The Labute approximate surface area is 201 Å². The van der Waals surface area contributed by atoms with Gasteiger partial charge in [0.2, 0.25) is 5.89 Å². The number of morpholine rings is 1. The smallest absolute Gasteiger partial charge is 0.270 e. The summed E-state index contributed by atoms with van der Waals surface area (Å²) >= 11 is 0. The topological polar surface area (TPSA) is 111 Å². The Morgan fingerprint density at radius 1 is 1.03 bits per heavy atom. The van der Waals surface area contributed by atoms with Crippen LogP contribution in [0.2, 0.25) is 0 Å². The molecule has 0 aliphatic carbocycles. The van der Waals surface area contributed by atoms with Crippen molar-refractivity contribution >= 4 is 34.1 Å². The van der Waals surface area contributed by atoms with Gasteiger partial charge in [-0.2, -0.15) is 0 Å². The molecule has 1 aromatic heterocycles. The van der Waals surface area contributed by atoms with Gasteiger partial charge in [0.25, 0.3) is 11.6 Å². The Morgan fingerprint density at radius 3 is 2.46 bits per heavy atom. The minimum absolute atomic E-state index is 0.135. The van der Waals surface area contributed by atoms with Gasteiger partial charge >= 0.3 is 0 Å². The number of rotatable bonds is 5. The van der Waals surface area contributed by atoms with Crippen LogP contribution in [-0.2, 0) is 4.74 Å². The van der Waals surface area contributed by atoms with Crippen LogP contribution in [0, 0.1) is 24.0 Å². The van der Waals surface area contributed by atoms with Crippen molar-refractivity contribution in [3.8, 4) is 11.5 Å². The fourth-order valence-corrected chi connectivity index (χ4v) is 4.10. The highest BCUT2D eigenvalue weighted by Gasteiger charge is 2.22. The van der Waals surface area contributed by atoms with Crippen LogP contribution in [0.25, 0.3) is 22.6 Å². The number of aryl methyl sites for hydroxylation is 2. The highest BCUT2D eigenvalue weighted by molar-refractivity contribution is 6.08. The molecule has 0 saturated carbocycles. The minimum Gasteiger partial charge on any atom is -0.436 e. The lowest BCUT2D eigenvalue weighted by atomic mass is 10.1. The Morgan fingerprint density at radius 2 is 1.74 bits per heavy atom. The second kappa shape index (κ2) is 9.19. The second-order valence-electron chi connectivity index (χ2n) is 8.51. The van der Waals surface area contributed by atoms with Gasteiger partial charge in [0, 0.05) is 36.5 Å². The van der Waals surface area contributed by atoms with E-state index < -0.39 is 10.8 Å². The zero-order valence-electron chi connectivity index (χ0n) is 19.4. The molecular formula is C26H24N4O5. The number of carbonyl (C=O) groups is 1. The number of carbonyl (C=O) groups excluding carboxylic acids is 1. The van der Waals surface area contributed by atoms with Gasteiger partial charge in [0.15, 0.2) is 5.58 Å². The average molecular weight is 473 g/mol. The predicted molar refractivity (Wildman–Crippen MR) is 133 cm³/mol. The van der Waals surface area contributed by atoms with E-state index in [4.69, 9.17) is 9.15 Å². The standard InChI is InChI=1S/C26H24N4O5/c1-16-13-22-24(14-17(16)2)35-26(28-22)18-3-5-19(6-4-18)27-25(31)21-15-20(30(32)33)7-8-23(21)29-9-11-34-12-10-29/h3-8,13-15H,9-12H2,1-2H3,(H,27,31). The summed E-state index contributed by atoms with van der Waals surface area (Å²) in [5.74, 6) is 0.0759. The lowest BCUT2D eigenvalue weighted by Gasteiger charge is -2.30. The van der Waals surface area contributed by atoms with Crippen molar-refractivity contribution in [2.24, 2.45) is 0 Å². The Bertz CT molecular complexity index is 1380. The molecule has 9 nitrogen and oxygen atoms in total. The molecule has 0 radical (unpaired) electrons. The molecule has 35 heavy (non-hydrogen) atoms. The van der Waals surface area contributed by atoms with Crippen LogP contribution < -0.4 is 10.2 Å². The number of ether oxygens (including phenoxy) is 1. The van der Waals surface area contributed by atoms with Crippen molar-refractivity contribution in [3.63, 3.8) is 0 Å². The molecule has 1 aliphatic heterocycles. The fourth-order valence-electron chi connectivity index (χ4n) is 4.10. The molecule has 0 spiro atoms. The first-order valence-corrected chi connectivity index (χ1v) is 11.3. The van der Waals surface area contributed by atoms with Gasteiger partial charge < -0.3 is 19.4 Å². The third-order valence-electron chi connectivity index (χ3n) is 6.18. The van der Waals surface area contributed by atoms with Crippen molar-refractivity contribution in [2.45, 2.75) is 13.8 Å². The van der Waals surface area contributed by atoms with Crippen LogP contribution in [0.3, 0.4) is 0 Å². The number of oxazole rings is 1. The van der Waals surface area contributed by atoms with E-state index in [0.29, 0.717) is 43.6 Å². The maximum absolute atomic E-state index is 13.2. The number of hydrogen-bond donors (Lipinski definition) is 1. The number of non-ortho nitro benzene ring substituents is 1. The number of nitrogens with one attached hydrogen (secondary N) is 1. The molecule has 1 saturated heterocycles. The van der Waals surface area contributed by atoms with Crippen molar-refractivity contribution in [1.82, 2.24) is 4.98 Å². The van der Waals surface area contributed by atoms with Gasteiger partial charge in [-0.1, -0.05) is 0 Å². The molecule has 0 atom stereocenters. The maximum atomic E-state index is 13.2. The molecule has 178 valence electrons. The zero-order valence-corrected chi connectivity index (χ0v) is 19.4. The van der Waals surface area contributed by atoms with Gasteiger partial charge in [-0.15, -0.1) is 0 Å². The van der Waals surface area contributed by atoms with Crippen LogP contribution in [0.1, 0.15) is 21.5 Å². The quantitative estimate of drug-likeness (QED) is 0.317. The van der Waals surface area contributed by atoms with Crippen LogP contribution in [0.5, 0.6) is 0 Å². The molecular weight excluding hydrogens is 448 g/mol. The average Bonchev–Trinajstić information content (AvgIpc) is 3.27. The normalized spacial score (nSPS) is 13.7.